The predicted molar refractivity (Wildman–Crippen MR) is 127 cm³/mol. The molecule has 2 heterocycles. The highest BCUT2D eigenvalue weighted by atomic mass is 79.9. The Hall–Kier alpha value is -3.16. The standard InChI is InChI=1S/C24H17BrN2O3S/c1-29-20-11-8-16(12-21(20)30-14-15-6-9-17(25)10-7-15)13-22-23(28)27-19-5-3-2-4-18(19)26-24(27)31-22/h2-13H,14H2,1H3/b22-13-. The molecular formula is C24H17BrN2O3S. The van der Waals surface area contributed by atoms with Gasteiger partial charge in [-0.25, -0.2) is 9.38 Å². The molecule has 0 N–H and O–H groups in total. The van der Waals surface area contributed by atoms with Crippen molar-refractivity contribution in [1.82, 2.24) is 9.38 Å². The number of methoxy groups -OCH3 is 1. The molecule has 5 rings (SSSR count). The first-order chi connectivity index (χ1) is 15.1. The van der Waals surface area contributed by atoms with Gasteiger partial charge in [-0.3, -0.25) is 4.79 Å². The van der Waals surface area contributed by atoms with E-state index in [-0.39, 0.29) is 5.56 Å². The van der Waals surface area contributed by atoms with E-state index in [0.717, 1.165) is 26.6 Å². The van der Waals surface area contributed by atoms with Crippen LogP contribution in [0.25, 0.3) is 22.1 Å². The van der Waals surface area contributed by atoms with Gasteiger partial charge in [0.2, 0.25) is 0 Å². The third-order valence-electron chi connectivity index (χ3n) is 4.94. The molecule has 5 aromatic rings. The van der Waals surface area contributed by atoms with E-state index >= 15 is 0 Å². The fourth-order valence-corrected chi connectivity index (χ4v) is 4.65. The SMILES string of the molecule is COc1ccc(/C=c2\sc3nc4ccccc4n3c2=O)cc1OCc1ccc(Br)cc1. The third-order valence-corrected chi connectivity index (χ3v) is 6.44. The summed E-state index contributed by atoms with van der Waals surface area (Å²) in [6, 6.07) is 21.3. The second kappa shape index (κ2) is 8.17. The summed E-state index contributed by atoms with van der Waals surface area (Å²) < 4.78 is 14.8. The number of hydrogen-bond donors (Lipinski definition) is 0. The molecule has 2 aromatic heterocycles. The quantitative estimate of drug-likeness (QED) is 0.353. The average molecular weight is 493 g/mol. The highest BCUT2D eigenvalue weighted by Crippen LogP contribution is 2.29. The molecule has 0 bridgehead atoms. The first kappa shape index (κ1) is 19.8. The van der Waals surface area contributed by atoms with E-state index in [4.69, 9.17) is 9.47 Å². The molecule has 0 saturated heterocycles. The van der Waals surface area contributed by atoms with Gasteiger partial charge in [-0.1, -0.05) is 57.6 Å². The number of para-hydroxylation sites is 2. The number of nitrogens with zero attached hydrogens (tertiary/aromatic N) is 2. The number of benzene rings is 3. The van der Waals surface area contributed by atoms with E-state index in [0.29, 0.717) is 27.6 Å². The number of aromatic nitrogens is 2. The molecule has 3 aromatic carbocycles. The van der Waals surface area contributed by atoms with Gasteiger partial charge in [0.05, 0.1) is 22.7 Å². The third kappa shape index (κ3) is 3.82. The van der Waals surface area contributed by atoms with Crippen LogP contribution in [0.2, 0.25) is 0 Å². The Bertz CT molecular complexity index is 1510. The molecule has 0 amide bonds. The van der Waals surface area contributed by atoms with E-state index in [9.17, 15) is 4.79 Å². The molecule has 0 saturated carbocycles. The van der Waals surface area contributed by atoms with E-state index < -0.39 is 0 Å². The van der Waals surface area contributed by atoms with Gasteiger partial charge in [-0.15, -0.1) is 0 Å². The highest BCUT2D eigenvalue weighted by Gasteiger charge is 2.11. The van der Waals surface area contributed by atoms with Crippen LogP contribution >= 0.6 is 27.3 Å². The average Bonchev–Trinajstić information content (AvgIpc) is 3.29. The van der Waals surface area contributed by atoms with Crippen LogP contribution in [0.5, 0.6) is 11.5 Å². The molecule has 5 nitrogen and oxygen atoms in total. The summed E-state index contributed by atoms with van der Waals surface area (Å²) in [4.78, 5) is 18.3. The lowest BCUT2D eigenvalue weighted by Gasteiger charge is -2.11. The lowest BCUT2D eigenvalue weighted by molar-refractivity contribution is 0.284. The van der Waals surface area contributed by atoms with Crippen molar-refractivity contribution in [3.63, 3.8) is 0 Å². The van der Waals surface area contributed by atoms with Gasteiger partial charge in [-0.05, 0) is 53.6 Å². The molecule has 7 heteroatoms. The van der Waals surface area contributed by atoms with Gasteiger partial charge in [-0.2, -0.15) is 0 Å². The maximum absolute atomic E-state index is 13.0. The van der Waals surface area contributed by atoms with Crippen molar-refractivity contribution < 1.29 is 9.47 Å². The van der Waals surface area contributed by atoms with Gasteiger partial charge in [0.1, 0.15) is 6.61 Å². The summed E-state index contributed by atoms with van der Waals surface area (Å²) >= 11 is 4.82. The van der Waals surface area contributed by atoms with Gasteiger partial charge in [0.25, 0.3) is 5.56 Å². The molecule has 0 aliphatic carbocycles. The second-order valence-electron chi connectivity index (χ2n) is 6.96. The number of imidazole rings is 1. The lowest BCUT2D eigenvalue weighted by atomic mass is 10.2. The lowest BCUT2D eigenvalue weighted by Crippen LogP contribution is -2.22. The van der Waals surface area contributed by atoms with Gasteiger partial charge >= 0.3 is 0 Å². The van der Waals surface area contributed by atoms with Crippen molar-refractivity contribution in [3.8, 4) is 11.5 Å². The first-order valence-corrected chi connectivity index (χ1v) is 11.2. The van der Waals surface area contributed by atoms with Crippen LogP contribution in [0.15, 0.2) is 76.0 Å². The Morgan fingerprint density at radius 1 is 1.06 bits per heavy atom. The molecular weight excluding hydrogens is 476 g/mol. The fourth-order valence-electron chi connectivity index (χ4n) is 3.40. The zero-order valence-electron chi connectivity index (χ0n) is 16.5. The van der Waals surface area contributed by atoms with E-state index in [1.54, 1.807) is 11.5 Å². The number of thiazole rings is 1. The summed E-state index contributed by atoms with van der Waals surface area (Å²) in [6.45, 7) is 0.415. The molecule has 0 spiro atoms. The summed E-state index contributed by atoms with van der Waals surface area (Å²) in [5.74, 6) is 1.27. The summed E-state index contributed by atoms with van der Waals surface area (Å²) in [7, 11) is 1.61. The zero-order valence-corrected chi connectivity index (χ0v) is 18.9. The van der Waals surface area contributed by atoms with Crippen LogP contribution in [0.3, 0.4) is 0 Å². The monoisotopic (exact) mass is 492 g/mol. The molecule has 0 unspecified atom stereocenters. The van der Waals surface area contributed by atoms with Crippen molar-refractivity contribution in [2.75, 3.05) is 7.11 Å². The normalized spacial score (nSPS) is 12.0. The van der Waals surface area contributed by atoms with Crippen LogP contribution in [-0.2, 0) is 6.61 Å². The van der Waals surface area contributed by atoms with Gasteiger partial charge < -0.3 is 9.47 Å². The number of rotatable bonds is 5. The number of hydrogen-bond acceptors (Lipinski definition) is 5. The Labute approximate surface area is 190 Å². The summed E-state index contributed by atoms with van der Waals surface area (Å²) in [6.07, 6.45) is 1.86. The van der Waals surface area contributed by atoms with Crippen molar-refractivity contribution in [3.05, 3.63) is 97.2 Å². The van der Waals surface area contributed by atoms with Crippen LogP contribution in [0.4, 0.5) is 0 Å². The zero-order chi connectivity index (χ0) is 21.4. The van der Waals surface area contributed by atoms with Crippen LogP contribution in [0, 0.1) is 0 Å². The molecule has 0 aliphatic heterocycles. The van der Waals surface area contributed by atoms with Crippen molar-refractivity contribution in [2.45, 2.75) is 6.61 Å². The molecule has 0 atom stereocenters. The second-order valence-corrected chi connectivity index (χ2v) is 8.88. The van der Waals surface area contributed by atoms with Gasteiger partial charge in [0.15, 0.2) is 16.5 Å². The van der Waals surface area contributed by atoms with E-state index in [1.165, 1.54) is 11.3 Å². The predicted octanol–water partition coefficient (Wildman–Crippen LogP) is 4.81. The number of ether oxygens (including phenoxy) is 2. The molecule has 0 aliphatic rings. The minimum absolute atomic E-state index is 0.0677. The molecule has 0 radical (unpaired) electrons. The smallest absolute Gasteiger partial charge is 0.274 e. The number of halogens is 1. The largest absolute Gasteiger partial charge is 0.493 e. The molecule has 154 valence electrons. The topological polar surface area (TPSA) is 52.8 Å². The van der Waals surface area contributed by atoms with Crippen LogP contribution in [0.1, 0.15) is 11.1 Å². The Morgan fingerprint density at radius 2 is 1.87 bits per heavy atom. The Balaban J connectivity index is 1.51. The highest BCUT2D eigenvalue weighted by molar-refractivity contribution is 9.10. The van der Waals surface area contributed by atoms with E-state index in [2.05, 4.69) is 20.9 Å². The van der Waals surface area contributed by atoms with Crippen molar-refractivity contribution in [1.29, 1.82) is 0 Å². The summed E-state index contributed by atoms with van der Waals surface area (Å²) in [5.41, 5.74) is 3.49. The Kier molecular flexibility index (Phi) is 5.21. The number of fused-ring (bicyclic) bond motifs is 3. The minimum Gasteiger partial charge on any atom is -0.493 e. The van der Waals surface area contributed by atoms with E-state index in [1.807, 2.05) is 72.8 Å². The molecule has 0 fully saturated rings. The van der Waals surface area contributed by atoms with Crippen LogP contribution < -0.4 is 19.6 Å². The van der Waals surface area contributed by atoms with Gasteiger partial charge in [0, 0.05) is 4.47 Å². The van der Waals surface area contributed by atoms with Crippen molar-refractivity contribution in [2.24, 2.45) is 0 Å². The minimum atomic E-state index is -0.0677. The fraction of sp³-hybridized carbons (Fsp3) is 0.0833. The molecule has 31 heavy (non-hydrogen) atoms. The van der Waals surface area contributed by atoms with Crippen LogP contribution in [-0.4, -0.2) is 16.5 Å². The van der Waals surface area contributed by atoms with Crippen molar-refractivity contribution >= 4 is 49.3 Å². The maximum Gasteiger partial charge on any atom is 0.274 e. The summed E-state index contributed by atoms with van der Waals surface area (Å²) in [5, 5.41) is 0. The first-order valence-electron chi connectivity index (χ1n) is 9.59. The Morgan fingerprint density at radius 3 is 2.68 bits per heavy atom. The maximum atomic E-state index is 13.0.